The first-order chi connectivity index (χ1) is 8.65. The Labute approximate surface area is 109 Å². The van der Waals surface area contributed by atoms with E-state index in [1.54, 1.807) is 24.3 Å². The number of rotatable bonds is 4. The van der Waals surface area contributed by atoms with Crippen LogP contribution >= 0.6 is 0 Å². The number of nitrogens with two attached hydrogens (primary N) is 1. The van der Waals surface area contributed by atoms with Crippen LogP contribution in [0.3, 0.4) is 0 Å². The summed E-state index contributed by atoms with van der Waals surface area (Å²) in [5.41, 5.74) is 7.32. The Bertz CT molecular complexity index is 405. The second kappa shape index (κ2) is 5.42. The van der Waals surface area contributed by atoms with E-state index in [1.165, 1.54) is 25.7 Å². The maximum Gasteiger partial charge on any atom is 0.251 e. The van der Waals surface area contributed by atoms with Crippen molar-refractivity contribution in [1.29, 1.82) is 0 Å². The molecule has 1 aromatic rings. The van der Waals surface area contributed by atoms with Crippen LogP contribution in [0.25, 0.3) is 0 Å². The second-order valence-electron chi connectivity index (χ2n) is 5.37. The van der Waals surface area contributed by atoms with E-state index < -0.39 is 0 Å². The van der Waals surface area contributed by atoms with Gasteiger partial charge in [-0.05, 0) is 48.9 Å². The van der Waals surface area contributed by atoms with Gasteiger partial charge in [0.25, 0.3) is 5.91 Å². The van der Waals surface area contributed by atoms with E-state index in [9.17, 15) is 4.79 Å². The van der Waals surface area contributed by atoms with Crippen LogP contribution in [0.2, 0.25) is 0 Å². The van der Waals surface area contributed by atoms with Gasteiger partial charge in [-0.25, -0.2) is 0 Å². The lowest BCUT2D eigenvalue weighted by molar-refractivity contribution is 0.0929. The zero-order chi connectivity index (χ0) is 13.0. The molecule has 0 aliphatic heterocycles. The molecule has 3 nitrogen and oxygen atoms in total. The third-order valence-electron chi connectivity index (χ3n) is 4.21. The van der Waals surface area contributed by atoms with E-state index in [1.807, 2.05) is 0 Å². The maximum atomic E-state index is 12.0. The van der Waals surface area contributed by atoms with Gasteiger partial charge in [-0.15, -0.1) is 0 Å². The molecule has 0 aromatic heterocycles. The average molecular weight is 246 g/mol. The van der Waals surface area contributed by atoms with Crippen molar-refractivity contribution in [2.24, 2.45) is 5.41 Å². The highest BCUT2D eigenvalue weighted by Gasteiger charge is 2.32. The van der Waals surface area contributed by atoms with Gasteiger partial charge in [-0.3, -0.25) is 4.79 Å². The Balaban J connectivity index is 1.93. The minimum Gasteiger partial charge on any atom is -0.399 e. The molecule has 1 saturated carbocycles. The number of hydrogen-bond donors (Lipinski definition) is 2. The molecule has 0 atom stereocenters. The highest BCUT2D eigenvalue weighted by Crippen LogP contribution is 2.40. The first-order valence-electron chi connectivity index (χ1n) is 6.79. The van der Waals surface area contributed by atoms with Crippen molar-refractivity contribution in [3.05, 3.63) is 29.8 Å². The number of benzene rings is 1. The summed E-state index contributed by atoms with van der Waals surface area (Å²) in [6.45, 7) is 3.02. The van der Waals surface area contributed by atoms with Crippen LogP contribution in [-0.2, 0) is 0 Å². The quantitative estimate of drug-likeness (QED) is 0.802. The van der Waals surface area contributed by atoms with E-state index >= 15 is 0 Å². The van der Waals surface area contributed by atoms with Crippen molar-refractivity contribution >= 4 is 11.6 Å². The summed E-state index contributed by atoms with van der Waals surface area (Å²) < 4.78 is 0. The van der Waals surface area contributed by atoms with Crippen LogP contribution in [-0.4, -0.2) is 12.5 Å². The molecule has 1 fully saturated rings. The summed E-state index contributed by atoms with van der Waals surface area (Å²) in [5, 5.41) is 3.07. The smallest absolute Gasteiger partial charge is 0.251 e. The SMILES string of the molecule is CCC1(CNC(=O)c2ccc(N)cc2)CCCC1. The molecule has 2 rings (SSSR count). The first kappa shape index (κ1) is 12.9. The number of carbonyl (C=O) groups is 1. The van der Waals surface area contributed by atoms with Gasteiger partial charge in [-0.1, -0.05) is 19.8 Å². The van der Waals surface area contributed by atoms with Gasteiger partial charge < -0.3 is 11.1 Å². The lowest BCUT2D eigenvalue weighted by Gasteiger charge is -2.27. The van der Waals surface area contributed by atoms with Crippen LogP contribution in [0.15, 0.2) is 24.3 Å². The Morgan fingerprint density at radius 1 is 1.28 bits per heavy atom. The summed E-state index contributed by atoms with van der Waals surface area (Å²) >= 11 is 0. The monoisotopic (exact) mass is 246 g/mol. The third-order valence-corrected chi connectivity index (χ3v) is 4.21. The van der Waals surface area contributed by atoms with E-state index in [2.05, 4.69) is 12.2 Å². The van der Waals surface area contributed by atoms with E-state index in [0.29, 0.717) is 16.7 Å². The van der Waals surface area contributed by atoms with Gasteiger partial charge in [0.05, 0.1) is 0 Å². The largest absolute Gasteiger partial charge is 0.399 e. The van der Waals surface area contributed by atoms with E-state index in [0.717, 1.165) is 13.0 Å². The number of amides is 1. The fourth-order valence-corrected chi connectivity index (χ4v) is 2.78. The predicted octanol–water partition coefficient (Wildman–Crippen LogP) is 2.97. The topological polar surface area (TPSA) is 55.1 Å². The summed E-state index contributed by atoms with van der Waals surface area (Å²) in [5.74, 6) is 0.00900. The molecular weight excluding hydrogens is 224 g/mol. The van der Waals surface area contributed by atoms with Gasteiger partial charge in [0.2, 0.25) is 0 Å². The zero-order valence-electron chi connectivity index (χ0n) is 11.0. The van der Waals surface area contributed by atoms with Gasteiger partial charge in [-0.2, -0.15) is 0 Å². The predicted molar refractivity (Wildman–Crippen MR) is 74.4 cm³/mol. The molecule has 1 aromatic carbocycles. The first-order valence-corrected chi connectivity index (χ1v) is 6.79. The Morgan fingerprint density at radius 3 is 2.44 bits per heavy atom. The third kappa shape index (κ3) is 2.84. The van der Waals surface area contributed by atoms with Gasteiger partial charge in [0.15, 0.2) is 0 Å². The molecule has 0 saturated heterocycles. The van der Waals surface area contributed by atoms with Crippen LogP contribution < -0.4 is 11.1 Å². The summed E-state index contributed by atoms with van der Waals surface area (Å²) in [6, 6.07) is 7.08. The molecule has 1 amide bonds. The molecule has 0 radical (unpaired) electrons. The highest BCUT2D eigenvalue weighted by molar-refractivity contribution is 5.94. The average Bonchev–Trinajstić information content (AvgIpc) is 2.86. The molecule has 0 heterocycles. The fraction of sp³-hybridized carbons (Fsp3) is 0.533. The zero-order valence-corrected chi connectivity index (χ0v) is 11.0. The summed E-state index contributed by atoms with van der Waals surface area (Å²) in [4.78, 5) is 12.0. The van der Waals surface area contributed by atoms with Crippen LogP contribution in [0.4, 0.5) is 5.69 Å². The molecule has 3 heteroatoms. The molecule has 18 heavy (non-hydrogen) atoms. The van der Waals surface area contributed by atoms with Crippen molar-refractivity contribution in [3.63, 3.8) is 0 Å². The minimum absolute atomic E-state index is 0.00900. The lowest BCUT2D eigenvalue weighted by Crippen LogP contribution is -2.35. The molecular formula is C15H22N2O. The molecule has 1 aliphatic rings. The van der Waals surface area contributed by atoms with E-state index in [-0.39, 0.29) is 5.91 Å². The number of anilines is 1. The number of hydrogen-bond acceptors (Lipinski definition) is 2. The van der Waals surface area contributed by atoms with Crippen LogP contribution in [0.5, 0.6) is 0 Å². The Morgan fingerprint density at radius 2 is 1.89 bits per heavy atom. The van der Waals surface area contributed by atoms with Gasteiger partial charge in [0, 0.05) is 17.8 Å². The normalized spacial score (nSPS) is 17.6. The molecule has 3 N–H and O–H groups in total. The van der Waals surface area contributed by atoms with Gasteiger partial charge in [0.1, 0.15) is 0 Å². The highest BCUT2D eigenvalue weighted by atomic mass is 16.1. The molecule has 0 spiro atoms. The molecule has 1 aliphatic carbocycles. The molecule has 98 valence electrons. The molecule has 0 unspecified atom stereocenters. The Kier molecular flexibility index (Phi) is 3.90. The van der Waals surface area contributed by atoms with Crippen molar-refractivity contribution in [2.75, 3.05) is 12.3 Å². The van der Waals surface area contributed by atoms with Crippen molar-refractivity contribution < 1.29 is 4.79 Å². The van der Waals surface area contributed by atoms with Crippen molar-refractivity contribution in [2.45, 2.75) is 39.0 Å². The van der Waals surface area contributed by atoms with Gasteiger partial charge >= 0.3 is 0 Å². The fourth-order valence-electron chi connectivity index (χ4n) is 2.78. The minimum atomic E-state index is 0.00900. The standard InChI is InChI=1S/C15H22N2O/c1-2-15(9-3-4-10-15)11-17-14(18)12-5-7-13(16)8-6-12/h5-8H,2-4,9-11,16H2,1H3,(H,17,18). The number of nitrogens with one attached hydrogen (secondary N) is 1. The van der Waals surface area contributed by atoms with E-state index in [4.69, 9.17) is 5.73 Å². The second-order valence-corrected chi connectivity index (χ2v) is 5.37. The Hall–Kier alpha value is -1.51. The number of carbonyl (C=O) groups excluding carboxylic acids is 1. The van der Waals surface area contributed by atoms with Crippen molar-refractivity contribution in [3.8, 4) is 0 Å². The summed E-state index contributed by atoms with van der Waals surface area (Å²) in [7, 11) is 0. The van der Waals surface area contributed by atoms with Crippen molar-refractivity contribution in [1.82, 2.24) is 5.32 Å². The lowest BCUT2D eigenvalue weighted by atomic mass is 9.83. The molecule has 0 bridgehead atoms. The maximum absolute atomic E-state index is 12.0. The number of nitrogen functional groups attached to an aromatic ring is 1. The summed E-state index contributed by atoms with van der Waals surface area (Å²) in [6.07, 6.45) is 6.23. The van der Waals surface area contributed by atoms with Crippen LogP contribution in [0, 0.1) is 5.41 Å². The van der Waals surface area contributed by atoms with Crippen LogP contribution in [0.1, 0.15) is 49.4 Å².